The Hall–Kier alpha value is -5.42. The number of aromatic hydroxyl groups is 1. The Morgan fingerprint density at radius 3 is 1.78 bits per heavy atom. The van der Waals surface area contributed by atoms with E-state index in [-0.39, 0.29) is 16.2 Å². The van der Waals surface area contributed by atoms with Gasteiger partial charge in [-0.3, -0.25) is 9.13 Å². The SMILES string of the molecule is CC(C)(C)c1ccnc(-n2c3ccccc3c3ccc(-n4c5ccccc5c5ccc(-c6cc(C(C)(C)C)cc(C(C)(C)C)c6O)cc54)nc32)c1. The highest BCUT2D eigenvalue weighted by Crippen LogP contribution is 2.44. The molecule has 4 aromatic carbocycles. The lowest BCUT2D eigenvalue weighted by molar-refractivity contribution is 0.446. The molecule has 0 aliphatic rings. The van der Waals surface area contributed by atoms with Gasteiger partial charge in [0.05, 0.1) is 16.6 Å². The quantitative estimate of drug-likeness (QED) is 0.203. The number of phenols is 1. The van der Waals surface area contributed by atoms with Gasteiger partial charge in [0.1, 0.15) is 23.0 Å². The van der Waals surface area contributed by atoms with Crippen LogP contribution in [0.15, 0.2) is 109 Å². The molecule has 0 unspecified atom stereocenters. The van der Waals surface area contributed by atoms with Crippen molar-refractivity contribution in [2.75, 3.05) is 0 Å². The number of pyridine rings is 2. The second-order valence-electron chi connectivity index (χ2n) is 17.1. The summed E-state index contributed by atoms with van der Waals surface area (Å²) >= 11 is 0. The van der Waals surface area contributed by atoms with E-state index in [4.69, 9.17) is 9.97 Å². The fourth-order valence-electron chi connectivity index (χ4n) is 7.44. The molecule has 8 aromatic rings. The Labute approximate surface area is 300 Å². The molecular weight excluding hydrogens is 625 g/mol. The van der Waals surface area contributed by atoms with Crippen LogP contribution in [0.2, 0.25) is 0 Å². The standard InChI is InChI=1S/C46H46N4O/c1-44(2,3)29-22-23-47-41(27-29)50-38-17-13-11-15-32(38)34-20-21-40(48-43(34)50)49-37-16-12-10-14-31(37)33-19-18-28(24-39(33)49)35-25-30(45(4,5)6)26-36(42(35)51)46(7,8)9/h10-27,51H,1-9H3. The van der Waals surface area contributed by atoms with Crippen LogP contribution < -0.4 is 0 Å². The van der Waals surface area contributed by atoms with Crippen molar-refractivity contribution in [2.24, 2.45) is 0 Å². The van der Waals surface area contributed by atoms with Crippen molar-refractivity contribution in [3.05, 3.63) is 126 Å². The lowest BCUT2D eigenvalue weighted by Crippen LogP contribution is -2.17. The van der Waals surface area contributed by atoms with Gasteiger partial charge in [-0.15, -0.1) is 0 Å². The van der Waals surface area contributed by atoms with E-state index in [0.29, 0.717) is 5.75 Å². The first-order valence-corrected chi connectivity index (χ1v) is 17.9. The van der Waals surface area contributed by atoms with Gasteiger partial charge >= 0.3 is 0 Å². The predicted molar refractivity (Wildman–Crippen MR) is 214 cm³/mol. The Bertz CT molecular complexity index is 2650. The fraction of sp³-hybridized carbons (Fsp3) is 0.261. The van der Waals surface area contributed by atoms with Gasteiger partial charge in [0.2, 0.25) is 0 Å². The molecule has 5 nitrogen and oxygen atoms in total. The second-order valence-corrected chi connectivity index (χ2v) is 17.1. The summed E-state index contributed by atoms with van der Waals surface area (Å²) in [6, 6.07) is 36.5. The lowest BCUT2D eigenvalue weighted by Gasteiger charge is -2.27. The molecule has 4 aromatic heterocycles. The van der Waals surface area contributed by atoms with Gasteiger partial charge in [-0.05, 0) is 81.5 Å². The third-order valence-electron chi connectivity index (χ3n) is 10.3. The van der Waals surface area contributed by atoms with E-state index in [1.807, 2.05) is 6.20 Å². The van der Waals surface area contributed by atoms with Crippen molar-refractivity contribution >= 4 is 43.7 Å². The molecule has 0 aliphatic carbocycles. The van der Waals surface area contributed by atoms with E-state index in [9.17, 15) is 5.11 Å². The third-order valence-corrected chi connectivity index (χ3v) is 10.3. The zero-order chi connectivity index (χ0) is 36.0. The molecule has 4 heterocycles. The van der Waals surface area contributed by atoms with Crippen LogP contribution in [-0.4, -0.2) is 24.2 Å². The summed E-state index contributed by atoms with van der Waals surface area (Å²) in [5.74, 6) is 2.02. The second kappa shape index (κ2) is 11.3. The molecule has 0 radical (unpaired) electrons. The van der Waals surface area contributed by atoms with E-state index in [2.05, 4.69) is 175 Å². The topological polar surface area (TPSA) is 55.9 Å². The van der Waals surface area contributed by atoms with E-state index >= 15 is 0 Å². The van der Waals surface area contributed by atoms with Gasteiger partial charge in [0.15, 0.2) is 0 Å². The molecule has 256 valence electrons. The van der Waals surface area contributed by atoms with Crippen molar-refractivity contribution in [1.29, 1.82) is 0 Å². The molecule has 5 heteroatoms. The van der Waals surface area contributed by atoms with E-state index in [1.165, 1.54) is 11.1 Å². The normalized spacial score (nSPS) is 12.9. The zero-order valence-corrected chi connectivity index (χ0v) is 31.1. The smallest absolute Gasteiger partial charge is 0.149 e. The van der Waals surface area contributed by atoms with Gasteiger partial charge in [-0.25, -0.2) is 9.97 Å². The number of hydrogen-bond donors (Lipinski definition) is 1. The number of aromatic nitrogens is 4. The van der Waals surface area contributed by atoms with Crippen LogP contribution in [0.1, 0.15) is 79.0 Å². The van der Waals surface area contributed by atoms with Crippen molar-refractivity contribution in [1.82, 2.24) is 19.1 Å². The van der Waals surface area contributed by atoms with E-state index < -0.39 is 0 Å². The molecule has 0 saturated carbocycles. The molecule has 0 aliphatic heterocycles. The molecule has 8 rings (SSSR count). The number of benzene rings is 4. The number of hydrogen-bond acceptors (Lipinski definition) is 3. The van der Waals surface area contributed by atoms with Gasteiger partial charge < -0.3 is 5.11 Å². The van der Waals surface area contributed by atoms with Crippen molar-refractivity contribution in [3.8, 4) is 28.5 Å². The monoisotopic (exact) mass is 670 g/mol. The number of rotatable bonds is 3. The summed E-state index contributed by atoms with van der Waals surface area (Å²) in [7, 11) is 0. The highest BCUT2D eigenvalue weighted by atomic mass is 16.3. The largest absolute Gasteiger partial charge is 0.507 e. The molecule has 0 spiro atoms. The summed E-state index contributed by atoms with van der Waals surface area (Å²) in [6.45, 7) is 19.9. The molecule has 0 atom stereocenters. The van der Waals surface area contributed by atoms with Crippen molar-refractivity contribution < 1.29 is 5.11 Å². The van der Waals surface area contributed by atoms with Gasteiger partial charge in [0.25, 0.3) is 0 Å². The summed E-state index contributed by atoms with van der Waals surface area (Å²) in [5.41, 5.74) is 8.91. The van der Waals surface area contributed by atoms with Crippen LogP contribution >= 0.6 is 0 Å². The Morgan fingerprint density at radius 1 is 0.510 bits per heavy atom. The molecular formula is C46H46N4O. The van der Waals surface area contributed by atoms with Gasteiger partial charge in [-0.2, -0.15) is 0 Å². The summed E-state index contributed by atoms with van der Waals surface area (Å²) < 4.78 is 4.47. The van der Waals surface area contributed by atoms with Crippen molar-refractivity contribution in [3.63, 3.8) is 0 Å². The van der Waals surface area contributed by atoms with Crippen LogP contribution in [0.25, 0.3) is 66.5 Å². The van der Waals surface area contributed by atoms with Crippen LogP contribution in [-0.2, 0) is 16.2 Å². The Morgan fingerprint density at radius 2 is 1.12 bits per heavy atom. The predicted octanol–water partition coefficient (Wildman–Crippen LogP) is 11.9. The summed E-state index contributed by atoms with van der Waals surface area (Å²) in [6.07, 6.45) is 1.91. The molecule has 0 fully saturated rings. The average molecular weight is 671 g/mol. The zero-order valence-electron chi connectivity index (χ0n) is 31.1. The number of nitrogens with zero attached hydrogens (tertiary/aromatic N) is 4. The number of phenolic OH excluding ortho intramolecular Hbond substituents is 1. The van der Waals surface area contributed by atoms with E-state index in [0.717, 1.165) is 72.1 Å². The molecule has 0 saturated heterocycles. The number of para-hydroxylation sites is 2. The maximum atomic E-state index is 11.8. The van der Waals surface area contributed by atoms with Crippen LogP contribution in [0.4, 0.5) is 0 Å². The van der Waals surface area contributed by atoms with Crippen LogP contribution in [0, 0.1) is 0 Å². The summed E-state index contributed by atoms with van der Waals surface area (Å²) in [4.78, 5) is 10.4. The third kappa shape index (κ3) is 5.38. The van der Waals surface area contributed by atoms with E-state index in [1.54, 1.807) is 0 Å². The molecule has 51 heavy (non-hydrogen) atoms. The van der Waals surface area contributed by atoms with Gasteiger partial charge in [0, 0.05) is 38.9 Å². The molecule has 0 bridgehead atoms. The average Bonchev–Trinajstić information content (AvgIpc) is 3.59. The van der Waals surface area contributed by atoms with Crippen LogP contribution in [0.5, 0.6) is 5.75 Å². The maximum absolute atomic E-state index is 11.8. The van der Waals surface area contributed by atoms with Crippen LogP contribution in [0.3, 0.4) is 0 Å². The number of fused-ring (bicyclic) bond motifs is 6. The minimum atomic E-state index is -0.224. The summed E-state index contributed by atoms with van der Waals surface area (Å²) in [5, 5.41) is 16.4. The maximum Gasteiger partial charge on any atom is 0.149 e. The first-order chi connectivity index (χ1) is 24.1. The highest BCUT2D eigenvalue weighted by Gasteiger charge is 2.26. The van der Waals surface area contributed by atoms with Crippen molar-refractivity contribution in [2.45, 2.75) is 78.6 Å². The highest BCUT2D eigenvalue weighted by molar-refractivity contribution is 6.11. The molecule has 1 N–H and O–H groups in total. The first kappa shape index (κ1) is 32.8. The Balaban J connectivity index is 1.41. The lowest BCUT2D eigenvalue weighted by atomic mass is 9.78. The fourth-order valence-corrected chi connectivity index (χ4v) is 7.44. The minimum absolute atomic E-state index is 0.0236. The van der Waals surface area contributed by atoms with Gasteiger partial charge in [-0.1, -0.05) is 117 Å². The minimum Gasteiger partial charge on any atom is -0.507 e. The Kier molecular flexibility index (Phi) is 7.26. The first-order valence-electron chi connectivity index (χ1n) is 17.9. The molecule has 0 amide bonds.